The van der Waals surface area contributed by atoms with E-state index in [1.54, 1.807) is 0 Å². The van der Waals surface area contributed by atoms with Gasteiger partial charge in [0.05, 0.1) is 6.04 Å². The van der Waals surface area contributed by atoms with Crippen molar-refractivity contribution in [3.8, 4) is 0 Å². The number of benzene rings is 1. The summed E-state index contributed by atoms with van der Waals surface area (Å²) >= 11 is 0. The summed E-state index contributed by atoms with van der Waals surface area (Å²) in [6.45, 7) is 6.00. The van der Waals surface area contributed by atoms with Gasteiger partial charge in [-0.3, -0.25) is 4.79 Å². The first-order valence-corrected chi connectivity index (χ1v) is 6.86. The fourth-order valence-electron chi connectivity index (χ4n) is 2.30. The van der Waals surface area contributed by atoms with Gasteiger partial charge in [-0.1, -0.05) is 13.3 Å². The molecule has 2 rings (SSSR count). The molecule has 0 aliphatic carbocycles. The molecule has 0 saturated heterocycles. The molecule has 98 valence electrons. The predicted octanol–water partition coefficient (Wildman–Crippen LogP) is 2.62. The molecule has 18 heavy (non-hydrogen) atoms. The number of hydrogen-bond acceptors (Lipinski definition) is 3. The summed E-state index contributed by atoms with van der Waals surface area (Å²) in [5.74, 6) is 0.195. The maximum Gasteiger partial charge on any atom is 0.179 e. The van der Waals surface area contributed by atoms with Gasteiger partial charge in [0.25, 0.3) is 0 Å². The molecule has 0 radical (unpaired) electrons. The number of nitrogens with one attached hydrogen (secondary N) is 2. The second kappa shape index (κ2) is 6.01. The lowest BCUT2D eigenvalue weighted by atomic mass is 10.0. The second-order valence-electron chi connectivity index (χ2n) is 4.94. The van der Waals surface area contributed by atoms with E-state index in [9.17, 15) is 4.79 Å². The minimum atomic E-state index is -0.0936. The summed E-state index contributed by atoms with van der Waals surface area (Å²) in [5.41, 5.74) is 3.27. The summed E-state index contributed by atoms with van der Waals surface area (Å²) in [5, 5.41) is 6.59. The van der Waals surface area contributed by atoms with E-state index in [4.69, 9.17) is 0 Å². The lowest BCUT2D eigenvalue weighted by molar-refractivity contribution is 0.0951. The molecule has 1 unspecified atom stereocenters. The molecule has 3 nitrogen and oxygen atoms in total. The van der Waals surface area contributed by atoms with Crippen molar-refractivity contribution in [3.05, 3.63) is 29.3 Å². The number of anilines is 1. The van der Waals surface area contributed by atoms with Crippen LogP contribution < -0.4 is 10.6 Å². The number of fused-ring (bicyclic) bond motifs is 1. The van der Waals surface area contributed by atoms with E-state index in [1.165, 1.54) is 11.3 Å². The first-order valence-electron chi connectivity index (χ1n) is 6.86. The Morgan fingerprint density at radius 2 is 2.33 bits per heavy atom. The van der Waals surface area contributed by atoms with Crippen molar-refractivity contribution in [2.24, 2.45) is 0 Å². The van der Waals surface area contributed by atoms with E-state index in [0.717, 1.165) is 37.9 Å². The molecule has 2 N–H and O–H groups in total. The Morgan fingerprint density at radius 3 is 3.11 bits per heavy atom. The first-order chi connectivity index (χ1) is 8.72. The van der Waals surface area contributed by atoms with Gasteiger partial charge in [0, 0.05) is 17.8 Å². The predicted molar refractivity (Wildman–Crippen MR) is 75.3 cm³/mol. The lowest BCUT2D eigenvalue weighted by Gasteiger charge is -2.13. The number of unbranched alkanes of at least 4 members (excludes halogenated alkanes) is 1. The monoisotopic (exact) mass is 246 g/mol. The van der Waals surface area contributed by atoms with Crippen molar-refractivity contribution >= 4 is 11.5 Å². The largest absolute Gasteiger partial charge is 0.384 e. The minimum absolute atomic E-state index is 0.0936. The SMILES string of the molecule is CCCCNC(C)C(=O)c1ccc2c(c1)CCN2. The maximum atomic E-state index is 12.3. The molecule has 1 aliphatic heterocycles. The van der Waals surface area contributed by atoms with Gasteiger partial charge in [-0.05, 0) is 50.1 Å². The summed E-state index contributed by atoms with van der Waals surface area (Å²) in [6, 6.07) is 5.89. The van der Waals surface area contributed by atoms with Crippen LogP contribution in [0.5, 0.6) is 0 Å². The van der Waals surface area contributed by atoms with Gasteiger partial charge in [0.2, 0.25) is 0 Å². The molecule has 0 aromatic heterocycles. The Bertz CT molecular complexity index is 429. The third-order valence-corrected chi connectivity index (χ3v) is 3.47. The third kappa shape index (κ3) is 2.91. The number of hydrogen-bond donors (Lipinski definition) is 2. The molecule has 1 aliphatic rings. The minimum Gasteiger partial charge on any atom is -0.384 e. The van der Waals surface area contributed by atoms with Gasteiger partial charge < -0.3 is 10.6 Å². The van der Waals surface area contributed by atoms with Crippen LogP contribution >= 0.6 is 0 Å². The molecule has 0 bridgehead atoms. The topological polar surface area (TPSA) is 41.1 Å². The summed E-state index contributed by atoms with van der Waals surface area (Å²) in [4.78, 5) is 12.3. The molecule has 0 saturated carbocycles. The summed E-state index contributed by atoms with van der Waals surface area (Å²) < 4.78 is 0. The average Bonchev–Trinajstić information content (AvgIpc) is 2.85. The molecular weight excluding hydrogens is 224 g/mol. The van der Waals surface area contributed by atoms with Crippen LogP contribution in [0.1, 0.15) is 42.6 Å². The normalized spacial score (nSPS) is 15.0. The highest BCUT2D eigenvalue weighted by atomic mass is 16.1. The van der Waals surface area contributed by atoms with Gasteiger partial charge in [-0.25, -0.2) is 0 Å². The van der Waals surface area contributed by atoms with Crippen molar-refractivity contribution in [2.45, 2.75) is 39.2 Å². The highest BCUT2D eigenvalue weighted by Crippen LogP contribution is 2.23. The van der Waals surface area contributed by atoms with Crippen LogP contribution in [0.25, 0.3) is 0 Å². The van der Waals surface area contributed by atoms with Crippen molar-refractivity contribution in [2.75, 3.05) is 18.4 Å². The van der Waals surface area contributed by atoms with Crippen molar-refractivity contribution in [1.82, 2.24) is 5.32 Å². The average molecular weight is 246 g/mol. The molecule has 1 aromatic rings. The van der Waals surface area contributed by atoms with Crippen LogP contribution in [0.3, 0.4) is 0 Å². The van der Waals surface area contributed by atoms with E-state index in [1.807, 2.05) is 25.1 Å². The lowest BCUT2D eigenvalue weighted by Crippen LogP contribution is -2.34. The van der Waals surface area contributed by atoms with E-state index in [-0.39, 0.29) is 11.8 Å². The van der Waals surface area contributed by atoms with E-state index >= 15 is 0 Å². The van der Waals surface area contributed by atoms with E-state index in [0.29, 0.717) is 0 Å². The molecule has 0 spiro atoms. The van der Waals surface area contributed by atoms with Crippen LogP contribution in [0.15, 0.2) is 18.2 Å². The first kappa shape index (κ1) is 13.1. The van der Waals surface area contributed by atoms with Gasteiger partial charge >= 0.3 is 0 Å². The molecule has 1 heterocycles. The fraction of sp³-hybridized carbons (Fsp3) is 0.533. The van der Waals surface area contributed by atoms with Gasteiger partial charge in [0.1, 0.15) is 0 Å². The zero-order valence-electron chi connectivity index (χ0n) is 11.3. The Balaban J connectivity index is 2.00. The fourth-order valence-corrected chi connectivity index (χ4v) is 2.30. The Hall–Kier alpha value is -1.35. The van der Waals surface area contributed by atoms with Crippen LogP contribution in [0, 0.1) is 0 Å². The Kier molecular flexibility index (Phi) is 4.37. The highest BCUT2D eigenvalue weighted by Gasteiger charge is 2.17. The number of rotatable bonds is 6. The maximum absolute atomic E-state index is 12.3. The molecular formula is C15H22N2O. The number of carbonyl (C=O) groups excluding carboxylic acids is 1. The number of Topliss-reactive ketones (excluding diaryl/α,β-unsaturated/α-hetero) is 1. The zero-order valence-corrected chi connectivity index (χ0v) is 11.3. The van der Waals surface area contributed by atoms with Gasteiger partial charge in [0.15, 0.2) is 5.78 Å². The van der Waals surface area contributed by atoms with Crippen LogP contribution in [-0.2, 0) is 6.42 Å². The highest BCUT2D eigenvalue weighted by molar-refractivity contribution is 6.00. The molecule has 3 heteroatoms. The molecule has 1 atom stereocenters. The second-order valence-corrected chi connectivity index (χ2v) is 4.94. The van der Waals surface area contributed by atoms with E-state index < -0.39 is 0 Å². The summed E-state index contributed by atoms with van der Waals surface area (Å²) in [7, 11) is 0. The third-order valence-electron chi connectivity index (χ3n) is 3.47. The van der Waals surface area contributed by atoms with Crippen molar-refractivity contribution in [1.29, 1.82) is 0 Å². The van der Waals surface area contributed by atoms with Crippen LogP contribution in [0.2, 0.25) is 0 Å². The van der Waals surface area contributed by atoms with Crippen molar-refractivity contribution in [3.63, 3.8) is 0 Å². The number of ketones is 1. The Morgan fingerprint density at radius 1 is 1.50 bits per heavy atom. The van der Waals surface area contributed by atoms with Gasteiger partial charge in [-0.15, -0.1) is 0 Å². The smallest absolute Gasteiger partial charge is 0.179 e. The summed E-state index contributed by atoms with van der Waals surface area (Å²) in [6.07, 6.45) is 3.29. The molecule has 1 aromatic carbocycles. The molecule has 0 fully saturated rings. The Labute approximate surface area is 109 Å². The zero-order chi connectivity index (χ0) is 13.0. The molecule has 0 amide bonds. The quantitative estimate of drug-likeness (QED) is 0.599. The number of carbonyl (C=O) groups is 1. The standard InChI is InChI=1S/C15H22N2O/c1-3-4-8-16-11(2)15(18)13-5-6-14-12(10-13)7-9-17-14/h5-6,10-11,16-17H,3-4,7-9H2,1-2H3. The van der Waals surface area contributed by atoms with Crippen molar-refractivity contribution < 1.29 is 4.79 Å². The van der Waals surface area contributed by atoms with Gasteiger partial charge in [-0.2, -0.15) is 0 Å². The van der Waals surface area contributed by atoms with Crippen LogP contribution in [0.4, 0.5) is 5.69 Å². The van der Waals surface area contributed by atoms with E-state index in [2.05, 4.69) is 17.6 Å². The van der Waals surface area contributed by atoms with Crippen LogP contribution in [-0.4, -0.2) is 24.9 Å².